The van der Waals surface area contributed by atoms with E-state index in [0.717, 1.165) is 33.3 Å². The number of rotatable bonds is 5. The molecule has 1 saturated heterocycles. The first kappa shape index (κ1) is 22.1. The van der Waals surface area contributed by atoms with Crippen LogP contribution in [0.3, 0.4) is 0 Å². The quantitative estimate of drug-likeness (QED) is 0.393. The maximum atomic E-state index is 10.5. The highest BCUT2D eigenvalue weighted by molar-refractivity contribution is 6.08. The van der Waals surface area contributed by atoms with Gasteiger partial charge in [-0.3, -0.25) is 0 Å². The van der Waals surface area contributed by atoms with Crippen molar-refractivity contribution in [3.8, 4) is 5.75 Å². The number of aliphatic hydroxyl groups excluding tert-OH is 3. The Morgan fingerprint density at radius 1 is 1.09 bits per heavy atom. The topological polar surface area (TPSA) is 123 Å². The minimum absolute atomic E-state index is 0.309. The molecule has 0 radical (unpaired) electrons. The van der Waals surface area contributed by atoms with Gasteiger partial charge in [0, 0.05) is 24.7 Å². The fraction of sp³-hybridized carbons (Fsp3) is 0.360. The van der Waals surface area contributed by atoms with Gasteiger partial charge in [-0.25, -0.2) is 9.98 Å². The molecule has 0 unspecified atom stereocenters. The molecule has 0 amide bonds. The number of aromatic nitrogens is 3. The molecule has 4 aromatic rings. The zero-order chi connectivity index (χ0) is 24.3. The summed E-state index contributed by atoms with van der Waals surface area (Å²) in [6.07, 6.45) is -2.36. The van der Waals surface area contributed by atoms with E-state index < -0.39 is 37.3 Å². The van der Waals surface area contributed by atoms with E-state index in [4.69, 9.17) is 19.2 Å². The van der Waals surface area contributed by atoms with E-state index in [0.29, 0.717) is 18.2 Å². The van der Waals surface area contributed by atoms with Crippen molar-refractivity contribution in [2.45, 2.75) is 37.2 Å². The van der Waals surface area contributed by atoms with Crippen LogP contribution < -0.4 is 4.74 Å². The third kappa shape index (κ3) is 3.49. The standard InChI is InChI=1S/C25H26N4O6/c1-28-17-6-4-3-5-16(17)26-20(28)11-29-10-15(14-8-7-13(33-2)9-18(14)29)24-27-21-23(32)22(31)19(12-30)34-25(21)35-24/h3-10,19,21-23,25,30-32H,11-12H2,1-2H3/t19-,21-,22-,23-,25-/m1/s1. The fourth-order valence-corrected chi connectivity index (χ4v) is 4.90. The first-order chi connectivity index (χ1) is 17.0. The van der Waals surface area contributed by atoms with E-state index in [-0.39, 0.29) is 0 Å². The Hall–Kier alpha value is -3.44. The second-order valence-corrected chi connectivity index (χ2v) is 8.88. The van der Waals surface area contributed by atoms with Gasteiger partial charge >= 0.3 is 0 Å². The molecule has 6 rings (SSSR count). The molecule has 2 aromatic heterocycles. The number of nitrogens with zero attached hydrogens (tertiary/aromatic N) is 4. The Kier molecular flexibility index (Phi) is 5.26. The number of hydrogen-bond donors (Lipinski definition) is 3. The molecule has 10 nitrogen and oxygen atoms in total. The molecule has 0 aliphatic carbocycles. The molecule has 35 heavy (non-hydrogen) atoms. The fourth-order valence-electron chi connectivity index (χ4n) is 4.90. The molecular weight excluding hydrogens is 452 g/mol. The van der Waals surface area contributed by atoms with Crippen LogP contribution in [0.4, 0.5) is 0 Å². The summed E-state index contributed by atoms with van der Waals surface area (Å²) in [5, 5.41) is 31.1. The van der Waals surface area contributed by atoms with Crippen molar-refractivity contribution in [1.29, 1.82) is 0 Å². The molecule has 2 aliphatic heterocycles. The minimum atomic E-state index is -1.25. The van der Waals surface area contributed by atoms with Crippen LogP contribution in [0.2, 0.25) is 0 Å². The highest BCUT2D eigenvalue weighted by atomic mass is 16.7. The van der Waals surface area contributed by atoms with Crippen LogP contribution in [0.1, 0.15) is 11.4 Å². The minimum Gasteiger partial charge on any atom is -0.497 e. The largest absolute Gasteiger partial charge is 0.497 e. The monoisotopic (exact) mass is 478 g/mol. The molecule has 5 atom stereocenters. The highest BCUT2D eigenvalue weighted by Gasteiger charge is 2.49. The number of benzene rings is 2. The molecule has 0 saturated carbocycles. The van der Waals surface area contributed by atoms with Gasteiger partial charge in [0.05, 0.1) is 42.4 Å². The summed E-state index contributed by atoms with van der Waals surface area (Å²) >= 11 is 0. The Balaban J connectivity index is 1.42. The second-order valence-electron chi connectivity index (χ2n) is 8.88. The van der Waals surface area contributed by atoms with Gasteiger partial charge in [-0.05, 0) is 24.3 Å². The second kappa shape index (κ2) is 8.35. The number of aryl methyl sites for hydroxylation is 1. The zero-order valence-electron chi connectivity index (χ0n) is 19.3. The smallest absolute Gasteiger partial charge is 0.227 e. The van der Waals surface area contributed by atoms with Crippen molar-refractivity contribution in [2.24, 2.45) is 12.0 Å². The van der Waals surface area contributed by atoms with Gasteiger partial charge in [0.25, 0.3) is 0 Å². The summed E-state index contributed by atoms with van der Waals surface area (Å²) in [6, 6.07) is 12.9. The van der Waals surface area contributed by atoms with Gasteiger partial charge in [0.1, 0.15) is 35.9 Å². The molecule has 182 valence electrons. The number of aliphatic imine (C=N–C) groups is 1. The number of methoxy groups -OCH3 is 1. The summed E-state index contributed by atoms with van der Waals surface area (Å²) in [5.41, 5.74) is 3.60. The van der Waals surface area contributed by atoms with Crippen LogP contribution in [0.25, 0.3) is 21.9 Å². The maximum Gasteiger partial charge on any atom is 0.227 e. The van der Waals surface area contributed by atoms with Crippen LogP contribution in [-0.2, 0) is 23.1 Å². The van der Waals surface area contributed by atoms with Gasteiger partial charge < -0.3 is 38.7 Å². The summed E-state index contributed by atoms with van der Waals surface area (Å²) in [6.45, 7) is 0.0661. The van der Waals surface area contributed by atoms with E-state index in [9.17, 15) is 15.3 Å². The lowest BCUT2D eigenvalue weighted by Crippen LogP contribution is -2.56. The van der Waals surface area contributed by atoms with Gasteiger partial charge in [0.15, 0.2) is 0 Å². The van der Waals surface area contributed by atoms with Gasteiger partial charge in [-0.1, -0.05) is 12.1 Å². The van der Waals surface area contributed by atoms with Crippen LogP contribution in [0.15, 0.2) is 53.7 Å². The van der Waals surface area contributed by atoms with Crippen LogP contribution >= 0.6 is 0 Å². The van der Waals surface area contributed by atoms with Crippen molar-refractivity contribution in [3.63, 3.8) is 0 Å². The predicted octanol–water partition coefficient (Wildman–Crippen LogP) is 1.17. The van der Waals surface area contributed by atoms with E-state index >= 15 is 0 Å². The van der Waals surface area contributed by atoms with Crippen molar-refractivity contribution >= 4 is 27.8 Å². The lowest BCUT2D eigenvalue weighted by molar-refractivity contribution is -0.234. The Labute approximate surface area is 200 Å². The summed E-state index contributed by atoms with van der Waals surface area (Å²) in [5.74, 6) is 1.90. The predicted molar refractivity (Wildman–Crippen MR) is 127 cm³/mol. The van der Waals surface area contributed by atoms with E-state index in [1.54, 1.807) is 7.11 Å². The van der Waals surface area contributed by atoms with E-state index in [1.807, 2.05) is 55.7 Å². The van der Waals surface area contributed by atoms with Crippen molar-refractivity contribution in [2.75, 3.05) is 13.7 Å². The van der Waals surface area contributed by atoms with Crippen LogP contribution in [0.5, 0.6) is 5.75 Å². The van der Waals surface area contributed by atoms with Crippen LogP contribution in [0, 0.1) is 0 Å². The number of aliphatic hydroxyl groups is 3. The zero-order valence-corrected chi connectivity index (χ0v) is 19.3. The average Bonchev–Trinajstić information content (AvgIpc) is 3.55. The first-order valence-electron chi connectivity index (χ1n) is 11.4. The normalized spacial score (nSPS) is 26.1. The molecule has 2 aliphatic rings. The molecule has 10 heteroatoms. The molecule has 0 spiro atoms. The Morgan fingerprint density at radius 2 is 1.91 bits per heavy atom. The SMILES string of the molecule is COc1ccc2c(C3=N[C@H]4[C@@H](O3)O[C@H](CO)[C@@H](O)[C@@H]4O)cn(Cc3nc4ccccc4n3C)c2c1. The number of imidazole rings is 1. The molecule has 2 aromatic carbocycles. The van der Waals surface area contributed by atoms with Crippen molar-refractivity contribution < 1.29 is 29.5 Å². The van der Waals surface area contributed by atoms with Crippen LogP contribution in [-0.4, -0.2) is 79.7 Å². The maximum absolute atomic E-state index is 10.5. The average molecular weight is 479 g/mol. The highest BCUT2D eigenvalue weighted by Crippen LogP contribution is 2.34. The van der Waals surface area contributed by atoms with Gasteiger partial charge in [-0.15, -0.1) is 0 Å². The Bertz CT molecular complexity index is 1440. The summed E-state index contributed by atoms with van der Waals surface area (Å²) in [7, 11) is 3.62. The molecule has 0 bridgehead atoms. The van der Waals surface area contributed by atoms with Crippen molar-refractivity contribution in [1.82, 2.24) is 14.1 Å². The number of hydrogen-bond acceptors (Lipinski definition) is 8. The number of fused-ring (bicyclic) bond motifs is 3. The van der Waals surface area contributed by atoms with E-state index in [1.165, 1.54) is 0 Å². The molecule has 3 N–H and O–H groups in total. The Morgan fingerprint density at radius 3 is 2.69 bits per heavy atom. The van der Waals surface area contributed by atoms with E-state index in [2.05, 4.69) is 14.1 Å². The first-order valence-corrected chi connectivity index (χ1v) is 11.4. The third-order valence-corrected chi connectivity index (χ3v) is 6.85. The third-order valence-electron chi connectivity index (χ3n) is 6.85. The summed E-state index contributed by atoms with van der Waals surface area (Å²) < 4.78 is 21.2. The number of ether oxygens (including phenoxy) is 3. The summed E-state index contributed by atoms with van der Waals surface area (Å²) in [4.78, 5) is 9.36. The molecule has 4 heterocycles. The number of para-hydroxylation sites is 2. The molecular formula is C25H26N4O6. The molecule has 1 fully saturated rings. The lowest BCUT2D eigenvalue weighted by Gasteiger charge is -2.36. The van der Waals surface area contributed by atoms with Gasteiger partial charge in [0.2, 0.25) is 12.2 Å². The van der Waals surface area contributed by atoms with Crippen molar-refractivity contribution in [3.05, 3.63) is 60.0 Å². The lowest BCUT2D eigenvalue weighted by atomic mass is 9.98. The van der Waals surface area contributed by atoms with Gasteiger partial charge in [-0.2, -0.15) is 0 Å².